The highest BCUT2D eigenvalue weighted by atomic mass is 35.5. The summed E-state index contributed by atoms with van der Waals surface area (Å²) in [5.74, 6) is -0.904. The standard InChI is InChI=1S/C13H16Cl2N2O3/c1-13(2,7-6-10(18)19)17-12(20)16-9-5-3-4-8(14)11(9)15/h3-5H,6-7H2,1-2H3,(H,18,19)(H2,16,17,20). The number of rotatable bonds is 5. The Bertz CT molecular complexity index is 518. The number of aliphatic carboxylic acids is 1. The molecule has 5 nitrogen and oxygen atoms in total. The van der Waals surface area contributed by atoms with Gasteiger partial charge in [0.2, 0.25) is 0 Å². The third-order valence-electron chi connectivity index (χ3n) is 2.62. The van der Waals surface area contributed by atoms with Gasteiger partial charge in [0.15, 0.2) is 0 Å². The van der Waals surface area contributed by atoms with Gasteiger partial charge in [0.25, 0.3) is 0 Å². The Morgan fingerprint density at radius 3 is 2.55 bits per heavy atom. The van der Waals surface area contributed by atoms with E-state index in [1.165, 1.54) is 0 Å². The van der Waals surface area contributed by atoms with E-state index in [-0.39, 0.29) is 11.4 Å². The van der Waals surface area contributed by atoms with Crippen LogP contribution >= 0.6 is 23.2 Å². The zero-order chi connectivity index (χ0) is 15.3. The molecule has 0 aliphatic heterocycles. The van der Waals surface area contributed by atoms with Gasteiger partial charge in [-0.2, -0.15) is 0 Å². The predicted octanol–water partition coefficient (Wildman–Crippen LogP) is 3.76. The molecule has 20 heavy (non-hydrogen) atoms. The molecular weight excluding hydrogens is 303 g/mol. The highest BCUT2D eigenvalue weighted by molar-refractivity contribution is 6.43. The molecule has 0 saturated carbocycles. The number of anilines is 1. The molecule has 0 fully saturated rings. The van der Waals surface area contributed by atoms with Crippen molar-refractivity contribution in [3.8, 4) is 0 Å². The molecule has 7 heteroatoms. The van der Waals surface area contributed by atoms with Crippen LogP contribution in [0.2, 0.25) is 10.0 Å². The average Bonchev–Trinajstić information content (AvgIpc) is 2.32. The summed E-state index contributed by atoms with van der Waals surface area (Å²) in [5.41, 5.74) is -0.251. The van der Waals surface area contributed by atoms with Crippen molar-refractivity contribution in [2.45, 2.75) is 32.2 Å². The van der Waals surface area contributed by atoms with Gasteiger partial charge in [-0.3, -0.25) is 4.79 Å². The minimum absolute atomic E-state index is 0.0226. The van der Waals surface area contributed by atoms with E-state index in [0.717, 1.165) is 0 Å². The Morgan fingerprint density at radius 1 is 1.30 bits per heavy atom. The topological polar surface area (TPSA) is 78.4 Å². The third-order valence-corrected chi connectivity index (χ3v) is 3.43. The number of carboxylic acid groups (broad SMARTS) is 1. The molecule has 0 unspecified atom stereocenters. The van der Waals surface area contributed by atoms with Gasteiger partial charge in [-0.05, 0) is 32.4 Å². The maximum absolute atomic E-state index is 11.9. The lowest BCUT2D eigenvalue weighted by atomic mass is 9.99. The zero-order valence-electron chi connectivity index (χ0n) is 11.2. The number of nitrogens with one attached hydrogen (secondary N) is 2. The van der Waals surface area contributed by atoms with Crippen LogP contribution in [0.5, 0.6) is 0 Å². The van der Waals surface area contributed by atoms with Gasteiger partial charge in [-0.1, -0.05) is 29.3 Å². The van der Waals surface area contributed by atoms with Crippen molar-refractivity contribution >= 4 is 40.9 Å². The molecule has 0 atom stereocenters. The van der Waals surface area contributed by atoms with E-state index in [0.29, 0.717) is 17.1 Å². The molecule has 0 bridgehead atoms. The molecule has 2 amide bonds. The van der Waals surface area contributed by atoms with Crippen LogP contribution in [0.25, 0.3) is 0 Å². The molecule has 0 aliphatic carbocycles. The quantitative estimate of drug-likeness (QED) is 0.773. The normalized spacial score (nSPS) is 11.0. The second-order valence-corrected chi connectivity index (χ2v) is 5.74. The van der Waals surface area contributed by atoms with E-state index in [2.05, 4.69) is 10.6 Å². The van der Waals surface area contributed by atoms with Crippen LogP contribution in [-0.2, 0) is 4.79 Å². The van der Waals surface area contributed by atoms with Gasteiger partial charge >= 0.3 is 12.0 Å². The minimum Gasteiger partial charge on any atom is -0.481 e. The molecule has 1 rings (SSSR count). The van der Waals surface area contributed by atoms with Gasteiger partial charge in [-0.25, -0.2) is 4.79 Å². The SMILES string of the molecule is CC(C)(CCC(=O)O)NC(=O)Nc1cccc(Cl)c1Cl. The number of carbonyl (C=O) groups is 2. The van der Waals surface area contributed by atoms with Crippen molar-refractivity contribution in [2.75, 3.05) is 5.32 Å². The van der Waals surface area contributed by atoms with Crippen LogP contribution in [0, 0.1) is 0 Å². The summed E-state index contributed by atoms with van der Waals surface area (Å²) in [6, 6.07) is 4.44. The predicted molar refractivity (Wildman–Crippen MR) is 79.6 cm³/mol. The summed E-state index contributed by atoms with van der Waals surface area (Å²) < 4.78 is 0. The van der Waals surface area contributed by atoms with Crippen LogP contribution < -0.4 is 10.6 Å². The van der Waals surface area contributed by atoms with Crippen LogP contribution in [0.3, 0.4) is 0 Å². The van der Waals surface area contributed by atoms with E-state index in [9.17, 15) is 9.59 Å². The van der Waals surface area contributed by atoms with Gasteiger partial charge in [-0.15, -0.1) is 0 Å². The first-order valence-corrected chi connectivity index (χ1v) is 6.72. The van der Waals surface area contributed by atoms with E-state index in [1.54, 1.807) is 32.0 Å². The van der Waals surface area contributed by atoms with Crippen molar-refractivity contribution in [2.24, 2.45) is 0 Å². The Labute approximate surface area is 127 Å². The number of hydrogen-bond acceptors (Lipinski definition) is 2. The Morgan fingerprint density at radius 2 is 1.95 bits per heavy atom. The highest BCUT2D eigenvalue weighted by Gasteiger charge is 2.22. The first-order valence-electron chi connectivity index (χ1n) is 5.96. The summed E-state index contributed by atoms with van der Waals surface area (Å²) >= 11 is 11.8. The van der Waals surface area contributed by atoms with Crippen LogP contribution in [0.15, 0.2) is 18.2 Å². The lowest BCUT2D eigenvalue weighted by Crippen LogP contribution is -2.45. The van der Waals surface area contributed by atoms with E-state index >= 15 is 0 Å². The maximum atomic E-state index is 11.9. The monoisotopic (exact) mass is 318 g/mol. The van der Waals surface area contributed by atoms with Crippen LogP contribution in [-0.4, -0.2) is 22.6 Å². The molecular formula is C13H16Cl2N2O3. The number of amides is 2. The number of hydrogen-bond donors (Lipinski definition) is 3. The van der Waals surface area contributed by atoms with Crippen molar-refractivity contribution < 1.29 is 14.7 Å². The van der Waals surface area contributed by atoms with E-state index < -0.39 is 17.5 Å². The largest absolute Gasteiger partial charge is 0.481 e. The number of benzene rings is 1. The molecule has 0 radical (unpaired) electrons. The molecule has 1 aromatic carbocycles. The Kier molecular flexibility index (Phi) is 5.65. The molecule has 0 heterocycles. The number of carboxylic acids is 1. The summed E-state index contributed by atoms with van der Waals surface area (Å²) in [6.45, 7) is 3.49. The number of halogens is 2. The smallest absolute Gasteiger partial charge is 0.319 e. The third kappa shape index (κ3) is 5.27. The van der Waals surface area contributed by atoms with Gasteiger partial charge in [0, 0.05) is 12.0 Å². The molecule has 1 aromatic rings. The van der Waals surface area contributed by atoms with Crippen molar-refractivity contribution in [3.05, 3.63) is 28.2 Å². The Balaban J connectivity index is 2.63. The number of urea groups is 1. The average molecular weight is 319 g/mol. The van der Waals surface area contributed by atoms with E-state index in [4.69, 9.17) is 28.3 Å². The molecule has 3 N–H and O–H groups in total. The summed E-state index contributed by atoms with van der Waals surface area (Å²) in [4.78, 5) is 22.4. The van der Waals surface area contributed by atoms with Crippen LogP contribution in [0.1, 0.15) is 26.7 Å². The lowest BCUT2D eigenvalue weighted by molar-refractivity contribution is -0.137. The molecule has 0 aromatic heterocycles. The molecule has 0 saturated heterocycles. The molecule has 0 spiro atoms. The zero-order valence-corrected chi connectivity index (χ0v) is 12.7. The van der Waals surface area contributed by atoms with Crippen molar-refractivity contribution in [1.82, 2.24) is 5.32 Å². The first-order chi connectivity index (χ1) is 9.21. The van der Waals surface area contributed by atoms with E-state index in [1.807, 2.05) is 0 Å². The molecule has 0 aliphatic rings. The van der Waals surface area contributed by atoms with Gasteiger partial charge in [0.1, 0.15) is 0 Å². The molecule has 110 valence electrons. The Hall–Kier alpha value is -1.46. The fourth-order valence-electron chi connectivity index (χ4n) is 1.54. The van der Waals surface area contributed by atoms with Gasteiger partial charge < -0.3 is 15.7 Å². The second kappa shape index (κ2) is 6.81. The van der Waals surface area contributed by atoms with Crippen LogP contribution in [0.4, 0.5) is 10.5 Å². The summed E-state index contributed by atoms with van der Waals surface area (Å²) in [6.07, 6.45) is 0.296. The maximum Gasteiger partial charge on any atom is 0.319 e. The summed E-state index contributed by atoms with van der Waals surface area (Å²) in [5, 5.41) is 14.5. The second-order valence-electron chi connectivity index (χ2n) is 4.96. The van der Waals surface area contributed by atoms with Crippen molar-refractivity contribution in [1.29, 1.82) is 0 Å². The fourth-order valence-corrected chi connectivity index (χ4v) is 1.89. The first kappa shape index (κ1) is 16.6. The van der Waals surface area contributed by atoms with Gasteiger partial charge in [0.05, 0.1) is 15.7 Å². The minimum atomic E-state index is -0.904. The highest BCUT2D eigenvalue weighted by Crippen LogP contribution is 2.29. The summed E-state index contributed by atoms with van der Waals surface area (Å²) in [7, 11) is 0. The fraction of sp³-hybridized carbons (Fsp3) is 0.385. The van der Waals surface area contributed by atoms with Crippen molar-refractivity contribution in [3.63, 3.8) is 0 Å². The number of carbonyl (C=O) groups excluding carboxylic acids is 1. The lowest BCUT2D eigenvalue weighted by Gasteiger charge is -2.25.